The Hall–Kier alpha value is -1.91. The summed E-state index contributed by atoms with van der Waals surface area (Å²) in [5, 5.41) is 10.8. The highest BCUT2D eigenvalue weighted by molar-refractivity contribution is 5.93. The van der Waals surface area contributed by atoms with Crippen molar-refractivity contribution < 1.29 is 19.1 Å². The summed E-state index contributed by atoms with van der Waals surface area (Å²) in [6, 6.07) is 6.05. The molecule has 0 bridgehead atoms. The normalized spacial score (nSPS) is 9.81. The smallest absolute Gasteiger partial charge is 0.312 e. The summed E-state index contributed by atoms with van der Waals surface area (Å²) in [6.07, 6.45) is -0.0632. The Morgan fingerprint density at radius 2 is 2.12 bits per heavy atom. The van der Waals surface area contributed by atoms with Gasteiger partial charge in [0.05, 0.1) is 0 Å². The third-order valence-electron chi connectivity index (χ3n) is 1.94. The fourth-order valence-corrected chi connectivity index (χ4v) is 1.24. The van der Waals surface area contributed by atoms with Gasteiger partial charge in [0, 0.05) is 6.54 Å². The average molecular weight is 225 g/mol. The lowest BCUT2D eigenvalue weighted by atomic mass is 10.1. The largest absolute Gasteiger partial charge is 0.481 e. The summed E-state index contributed by atoms with van der Waals surface area (Å²) in [5.74, 6) is -2.03. The Morgan fingerprint density at radius 1 is 1.38 bits per heavy atom. The number of halogens is 1. The molecule has 0 aliphatic heterocycles. The van der Waals surface area contributed by atoms with Crippen LogP contribution in [0.4, 0.5) is 4.39 Å². The molecule has 0 radical (unpaired) electrons. The van der Waals surface area contributed by atoms with Gasteiger partial charge < -0.3 is 10.4 Å². The van der Waals surface area contributed by atoms with Crippen LogP contribution < -0.4 is 5.32 Å². The highest BCUT2D eigenvalue weighted by Gasteiger charge is 2.06. The van der Waals surface area contributed by atoms with E-state index < -0.39 is 18.3 Å². The second-order valence-electron chi connectivity index (χ2n) is 3.30. The van der Waals surface area contributed by atoms with E-state index in [2.05, 4.69) is 5.32 Å². The van der Waals surface area contributed by atoms with Gasteiger partial charge >= 0.3 is 5.97 Å². The number of hydrogen-bond acceptors (Lipinski definition) is 2. The zero-order chi connectivity index (χ0) is 12.0. The van der Waals surface area contributed by atoms with Crippen molar-refractivity contribution in [2.45, 2.75) is 12.8 Å². The molecule has 0 aliphatic rings. The van der Waals surface area contributed by atoms with Gasteiger partial charge in [-0.05, 0) is 24.1 Å². The molecule has 0 aliphatic carbocycles. The van der Waals surface area contributed by atoms with E-state index in [4.69, 9.17) is 5.11 Å². The van der Waals surface area contributed by atoms with Gasteiger partial charge in [0.2, 0.25) is 5.91 Å². The summed E-state index contributed by atoms with van der Waals surface area (Å²) in [6.45, 7) is 0.301. The molecule has 0 aromatic heterocycles. The predicted octanol–water partition coefficient (Wildman–Crippen LogP) is 0.959. The number of nitrogens with one attached hydrogen (secondary N) is 1. The van der Waals surface area contributed by atoms with Crippen molar-refractivity contribution in [3.05, 3.63) is 35.6 Å². The quantitative estimate of drug-likeness (QED) is 0.733. The number of carboxylic acid groups (broad SMARTS) is 1. The van der Waals surface area contributed by atoms with Crippen LogP contribution in [0, 0.1) is 5.82 Å². The van der Waals surface area contributed by atoms with E-state index in [1.807, 2.05) is 0 Å². The van der Waals surface area contributed by atoms with E-state index in [0.717, 1.165) is 5.56 Å². The molecular formula is C11H12FNO3. The monoisotopic (exact) mass is 225 g/mol. The predicted molar refractivity (Wildman–Crippen MR) is 55.4 cm³/mol. The van der Waals surface area contributed by atoms with Crippen LogP contribution in [0.15, 0.2) is 24.3 Å². The van der Waals surface area contributed by atoms with Gasteiger partial charge in [0.15, 0.2) is 0 Å². The number of benzene rings is 1. The van der Waals surface area contributed by atoms with Crippen LogP contribution in [0.1, 0.15) is 12.0 Å². The zero-order valence-electron chi connectivity index (χ0n) is 8.57. The maximum absolute atomic E-state index is 12.8. The van der Waals surface area contributed by atoms with Gasteiger partial charge in [0.25, 0.3) is 0 Å². The van der Waals surface area contributed by atoms with Crippen LogP contribution in [0.25, 0.3) is 0 Å². The standard InChI is InChI=1S/C11H12FNO3/c12-9-3-1-2-8(6-9)4-5-13-10(14)7-11(15)16/h1-3,6H,4-5,7H2,(H,13,14)(H,15,16). The first kappa shape index (κ1) is 12.2. The van der Waals surface area contributed by atoms with Crippen molar-refractivity contribution >= 4 is 11.9 Å². The molecule has 2 N–H and O–H groups in total. The molecule has 0 saturated carbocycles. The van der Waals surface area contributed by atoms with Crippen molar-refractivity contribution in [2.24, 2.45) is 0 Å². The van der Waals surface area contributed by atoms with Crippen molar-refractivity contribution in [3.63, 3.8) is 0 Å². The van der Waals surface area contributed by atoms with Gasteiger partial charge in [-0.15, -0.1) is 0 Å². The molecule has 1 aromatic carbocycles. The highest BCUT2D eigenvalue weighted by Crippen LogP contribution is 2.03. The molecule has 5 heteroatoms. The Labute approximate surface area is 92.1 Å². The molecule has 0 atom stereocenters. The number of amides is 1. The lowest BCUT2D eigenvalue weighted by molar-refractivity contribution is -0.140. The van der Waals surface area contributed by atoms with Gasteiger partial charge in [-0.3, -0.25) is 9.59 Å². The minimum absolute atomic E-state index is 0.301. The third-order valence-corrected chi connectivity index (χ3v) is 1.94. The molecule has 0 heterocycles. The van der Waals surface area contributed by atoms with E-state index in [-0.39, 0.29) is 5.82 Å². The van der Waals surface area contributed by atoms with E-state index in [9.17, 15) is 14.0 Å². The molecule has 1 amide bonds. The number of hydrogen-bond donors (Lipinski definition) is 2. The van der Waals surface area contributed by atoms with Crippen molar-refractivity contribution in [3.8, 4) is 0 Å². The summed E-state index contributed by atoms with van der Waals surface area (Å²) in [4.78, 5) is 21.1. The van der Waals surface area contributed by atoms with E-state index >= 15 is 0 Å². The molecule has 0 fully saturated rings. The molecular weight excluding hydrogens is 213 g/mol. The third kappa shape index (κ3) is 4.54. The fraction of sp³-hybridized carbons (Fsp3) is 0.273. The molecule has 4 nitrogen and oxygen atoms in total. The minimum atomic E-state index is -1.16. The fourth-order valence-electron chi connectivity index (χ4n) is 1.24. The lowest BCUT2D eigenvalue weighted by Gasteiger charge is -2.03. The Bertz CT molecular complexity index is 393. The maximum Gasteiger partial charge on any atom is 0.312 e. The second kappa shape index (κ2) is 5.85. The summed E-state index contributed by atoms with van der Waals surface area (Å²) in [5.41, 5.74) is 0.760. The minimum Gasteiger partial charge on any atom is -0.481 e. The first-order valence-electron chi connectivity index (χ1n) is 4.81. The molecule has 0 unspecified atom stereocenters. The molecule has 86 valence electrons. The van der Waals surface area contributed by atoms with Crippen molar-refractivity contribution in [2.75, 3.05) is 6.54 Å². The zero-order valence-corrected chi connectivity index (χ0v) is 8.57. The SMILES string of the molecule is O=C(O)CC(=O)NCCc1cccc(F)c1. The van der Waals surface area contributed by atoms with Crippen molar-refractivity contribution in [1.82, 2.24) is 5.32 Å². The topological polar surface area (TPSA) is 66.4 Å². The van der Waals surface area contributed by atoms with Crippen molar-refractivity contribution in [1.29, 1.82) is 0 Å². The summed E-state index contributed by atoms with van der Waals surface area (Å²) in [7, 11) is 0. The first-order valence-corrected chi connectivity index (χ1v) is 4.81. The van der Waals surface area contributed by atoms with E-state index in [1.54, 1.807) is 12.1 Å². The van der Waals surface area contributed by atoms with Crippen LogP contribution in [0.5, 0.6) is 0 Å². The highest BCUT2D eigenvalue weighted by atomic mass is 19.1. The van der Waals surface area contributed by atoms with E-state index in [0.29, 0.717) is 13.0 Å². The molecule has 1 rings (SSSR count). The first-order chi connectivity index (χ1) is 7.58. The summed E-state index contributed by atoms with van der Waals surface area (Å²) < 4.78 is 12.8. The van der Waals surface area contributed by atoms with Gasteiger partial charge in [-0.2, -0.15) is 0 Å². The lowest BCUT2D eigenvalue weighted by Crippen LogP contribution is -2.27. The molecule has 0 spiro atoms. The number of aliphatic carboxylic acids is 1. The van der Waals surface area contributed by atoms with Gasteiger partial charge in [-0.25, -0.2) is 4.39 Å². The average Bonchev–Trinajstić information content (AvgIpc) is 2.16. The van der Waals surface area contributed by atoms with Crippen LogP contribution in [0.2, 0.25) is 0 Å². The van der Waals surface area contributed by atoms with Crippen LogP contribution in [-0.2, 0) is 16.0 Å². The number of carbonyl (C=O) groups is 2. The van der Waals surface area contributed by atoms with E-state index in [1.165, 1.54) is 12.1 Å². The number of rotatable bonds is 5. The number of carboxylic acids is 1. The Kier molecular flexibility index (Phi) is 4.44. The van der Waals surface area contributed by atoms with Crippen LogP contribution in [0.3, 0.4) is 0 Å². The van der Waals surface area contributed by atoms with Gasteiger partial charge in [0.1, 0.15) is 12.2 Å². The number of carbonyl (C=O) groups excluding carboxylic acids is 1. The molecule has 16 heavy (non-hydrogen) atoms. The van der Waals surface area contributed by atoms with Crippen LogP contribution in [-0.4, -0.2) is 23.5 Å². The summed E-state index contributed by atoms with van der Waals surface area (Å²) >= 11 is 0. The Balaban J connectivity index is 2.30. The van der Waals surface area contributed by atoms with Crippen LogP contribution >= 0.6 is 0 Å². The Morgan fingerprint density at radius 3 is 2.75 bits per heavy atom. The molecule has 1 aromatic rings. The second-order valence-corrected chi connectivity index (χ2v) is 3.30. The maximum atomic E-state index is 12.8. The molecule has 0 saturated heterocycles. The van der Waals surface area contributed by atoms with Gasteiger partial charge in [-0.1, -0.05) is 12.1 Å².